The summed E-state index contributed by atoms with van der Waals surface area (Å²) in [5, 5.41) is 7.48. The Morgan fingerprint density at radius 3 is 2.37 bits per heavy atom. The molecule has 0 radical (unpaired) electrons. The van der Waals surface area contributed by atoms with Gasteiger partial charge in [-0.15, -0.1) is 0 Å². The number of aromatic nitrogens is 2. The number of benzene rings is 3. The maximum atomic E-state index is 11.2. The highest BCUT2D eigenvalue weighted by Crippen LogP contribution is 2.32. The van der Waals surface area contributed by atoms with Crippen LogP contribution >= 0.6 is 11.6 Å². The number of carbonyl (C=O) groups is 1. The predicted octanol–water partition coefficient (Wildman–Crippen LogP) is 5.66. The summed E-state index contributed by atoms with van der Waals surface area (Å²) in [6, 6.07) is 19.2. The summed E-state index contributed by atoms with van der Waals surface area (Å²) in [7, 11) is 1.58. The second kappa shape index (κ2) is 8.39. The highest BCUT2D eigenvalue weighted by Gasteiger charge is 2.09. The fraction of sp³-hybridized carbons (Fsp3) is 0.0870. The van der Waals surface area contributed by atoms with E-state index in [4.69, 9.17) is 16.3 Å². The van der Waals surface area contributed by atoms with Crippen molar-refractivity contribution in [1.29, 1.82) is 0 Å². The molecule has 0 fully saturated rings. The third-order valence-electron chi connectivity index (χ3n) is 4.59. The predicted molar refractivity (Wildman–Crippen MR) is 121 cm³/mol. The third-order valence-corrected chi connectivity index (χ3v) is 4.88. The van der Waals surface area contributed by atoms with Crippen LogP contribution < -0.4 is 15.4 Å². The van der Waals surface area contributed by atoms with Crippen LogP contribution in [-0.4, -0.2) is 23.0 Å². The van der Waals surface area contributed by atoms with E-state index < -0.39 is 0 Å². The summed E-state index contributed by atoms with van der Waals surface area (Å²) < 4.78 is 5.21. The Labute approximate surface area is 178 Å². The first-order valence-electron chi connectivity index (χ1n) is 9.27. The molecule has 0 aliphatic carbocycles. The van der Waals surface area contributed by atoms with Crippen LogP contribution in [0.5, 0.6) is 5.75 Å². The Morgan fingerprint density at radius 1 is 0.933 bits per heavy atom. The zero-order valence-electron chi connectivity index (χ0n) is 16.4. The Bertz CT molecular complexity index is 1230. The number of rotatable bonds is 5. The van der Waals surface area contributed by atoms with Gasteiger partial charge in [0, 0.05) is 23.7 Å². The molecular weight excluding hydrogens is 400 g/mol. The van der Waals surface area contributed by atoms with Crippen LogP contribution in [0.4, 0.5) is 17.2 Å². The van der Waals surface area contributed by atoms with E-state index in [1.54, 1.807) is 19.2 Å². The van der Waals surface area contributed by atoms with Crippen molar-refractivity contribution in [3.63, 3.8) is 0 Å². The number of amides is 1. The Balaban J connectivity index is 1.68. The minimum atomic E-state index is -0.0973. The number of anilines is 3. The van der Waals surface area contributed by atoms with Crippen molar-refractivity contribution in [1.82, 2.24) is 9.97 Å². The fourth-order valence-corrected chi connectivity index (χ4v) is 3.42. The summed E-state index contributed by atoms with van der Waals surface area (Å²) in [4.78, 5) is 20.0. The molecule has 0 atom stereocenters. The molecule has 150 valence electrons. The average molecular weight is 419 g/mol. The number of halogens is 1. The van der Waals surface area contributed by atoms with Crippen molar-refractivity contribution in [2.75, 3.05) is 17.7 Å². The van der Waals surface area contributed by atoms with E-state index >= 15 is 0 Å². The maximum Gasteiger partial charge on any atom is 0.221 e. The van der Waals surface area contributed by atoms with Crippen molar-refractivity contribution >= 4 is 45.6 Å². The number of hydrogen-bond acceptors (Lipinski definition) is 5. The van der Waals surface area contributed by atoms with E-state index in [0.717, 1.165) is 33.4 Å². The van der Waals surface area contributed by atoms with Crippen LogP contribution in [0.15, 0.2) is 67.0 Å². The second-order valence-electron chi connectivity index (χ2n) is 6.69. The topological polar surface area (TPSA) is 76.1 Å². The van der Waals surface area contributed by atoms with Gasteiger partial charge in [-0.1, -0.05) is 29.8 Å². The van der Waals surface area contributed by atoms with Gasteiger partial charge in [0.2, 0.25) is 5.91 Å². The first-order chi connectivity index (χ1) is 14.5. The van der Waals surface area contributed by atoms with Gasteiger partial charge in [0.1, 0.15) is 17.9 Å². The summed E-state index contributed by atoms with van der Waals surface area (Å²) in [5.74, 6) is 1.19. The van der Waals surface area contributed by atoms with Crippen molar-refractivity contribution in [3.8, 4) is 16.9 Å². The van der Waals surface area contributed by atoms with Crippen molar-refractivity contribution < 1.29 is 9.53 Å². The molecule has 7 heteroatoms. The van der Waals surface area contributed by atoms with Crippen LogP contribution in [0, 0.1) is 0 Å². The van der Waals surface area contributed by atoms with E-state index in [-0.39, 0.29) is 5.91 Å². The van der Waals surface area contributed by atoms with Crippen molar-refractivity contribution in [3.05, 3.63) is 72.0 Å². The smallest absolute Gasteiger partial charge is 0.221 e. The highest BCUT2D eigenvalue weighted by atomic mass is 35.5. The normalized spacial score (nSPS) is 10.6. The second-order valence-corrected chi connectivity index (χ2v) is 7.09. The van der Waals surface area contributed by atoms with Gasteiger partial charge in [0.15, 0.2) is 0 Å². The monoisotopic (exact) mass is 418 g/mol. The van der Waals surface area contributed by atoms with Crippen LogP contribution in [0.3, 0.4) is 0 Å². The van der Waals surface area contributed by atoms with Gasteiger partial charge in [-0.2, -0.15) is 0 Å². The molecular formula is C23H19ClN4O2. The van der Waals surface area contributed by atoms with Gasteiger partial charge in [-0.3, -0.25) is 4.79 Å². The average Bonchev–Trinajstić information content (AvgIpc) is 2.74. The first-order valence-corrected chi connectivity index (χ1v) is 9.64. The van der Waals surface area contributed by atoms with E-state index in [2.05, 4.69) is 20.6 Å². The zero-order valence-corrected chi connectivity index (χ0v) is 17.2. The number of nitrogens with zero attached hydrogens (tertiary/aromatic N) is 2. The molecule has 6 nitrogen and oxygen atoms in total. The van der Waals surface area contributed by atoms with Gasteiger partial charge >= 0.3 is 0 Å². The number of methoxy groups -OCH3 is 1. The molecule has 0 saturated carbocycles. The fourth-order valence-electron chi connectivity index (χ4n) is 3.17. The van der Waals surface area contributed by atoms with E-state index in [0.29, 0.717) is 16.6 Å². The SMILES string of the molecule is COc1ccc(Nc2ncnc3ccc(-c4ccc(NC(C)=O)cc4)cc23)cc1Cl. The molecule has 1 aromatic heterocycles. The number of hydrogen-bond donors (Lipinski definition) is 2. The first kappa shape index (κ1) is 19.7. The van der Waals surface area contributed by atoms with Gasteiger partial charge in [-0.05, 0) is 53.6 Å². The zero-order chi connectivity index (χ0) is 21.1. The molecule has 2 N–H and O–H groups in total. The molecule has 4 aromatic rings. The molecule has 0 bridgehead atoms. The lowest BCUT2D eigenvalue weighted by Gasteiger charge is -2.11. The molecule has 0 saturated heterocycles. The van der Waals surface area contributed by atoms with E-state index in [9.17, 15) is 4.79 Å². The maximum absolute atomic E-state index is 11.2. The largest absolute Gasteiger partial charge is 0.495 e. The molecule has 1 amide bonds. The molecule has 3 aromatic carbocycles. The Kier molecular flexibility index (Phi) is 5.50. The lowest BCUT2D eigenvalue weighted by Crippen LogP contribution is -2.05. The van der Waals surface area contributed by atoms with Crippen molar-refractivity contribution in [2.45, 2.75) is 6.92 Å². The minimum Gasteiger partial charge on any atom is -0.495 e. The van der Waals surface area contributed by atoms with Crippen molar-refractivity contribution in [2.24, 2.45) is 0 Å². The molecule has 0 aliphatic heterocycles. The molecule has 0 unspecified atom stereocenters. The number of nitrogens with one attached hydrogen (secondary N) is 2. The van der Waals surface area contributed by atoms with Crippen LogP contribution in [0.2, 0.25) is 5.02 Å². The summed E-state index contributed by atoms with van der Waals surface area (Å²) in [6.45, 7) is 1.49. The lowest BCUT2D eigenvalue weighted by molar-refractivity contribution is -0.114. The number of fused-ring (bicyclic) bond motifs is 1. The van der Waals surface area contributed by atoms with Gasteiger partial charge in [0.25, 0.3) is 0 Å². The van der Waals surface area contributed by atoms with Gasteiger partial charge in [0.05, 0.1) is 17.6 Å². The molecule has 0 aliphatic rings. The summed E-state index contributed by atoms with van der Waals surface area (Å²) in [6.07, 6.45) is 1.53. The van der Waals surface area contributed by atoms with Gasteiger partial charge < -0.3 is 15.4 Å². The third kappa shape index (κ3) is 4.18. The number of ether oxygens (including phenoxy) is 1. The Hall–Kier alpha value is -3.64. The lowest BCUT2D eigenvalue weighted by atomic mass is 10.0. The standard InChI is InChI=1S/C23H19ClN4O2/c1-14(29)27-17-6-3-15(4-7-17)16-5-9-21-19(11-16)23(26-13-25-21)28-18-8-10-22(30-2)20(24)12-18/h3-13H,1-2H3,(H,27,29)(H,25,26,28). The minimum absolute atomic E-state index is 0.0973. The summed E-state index contributed by atoms with van der Waals surface area (Å²) in [5.41, 5.74) is 4.42. The van der Waals surface area contributed by atoms with E-state index in [1.807, 2.05) is 48.5 Å². The number of carbonyl (C=O) groups excluding carboxylic acids is 1. The summed E-state index contributed by atoms with van der Waals surface area (Å²) >= 11 is 6.24. The van der Waals surface area contributed by atoms with E-state index in [1.165, 1.54) is 13.3 Å². The van der Waals surface area contributed by atoms with Crippen LogP contribution in [0.1, 0.15) is 6.92 Å². The quantitative estimate of drug-likeness (QED) is 0.437. The highest BCUT2D eigenvalue weighted by molar-refractivity contribution is 6.32. The molecule has 0 spiro atoms. The molecule has 1 heterocycles. The molecule has 30 heavy (non-hydrogen) atoms. The van der Waals surface area contributed by atoms with Crippen LogP contribution in [-0.2, 0) is 4.79 Å². The molecule has 4 rings (SSSR count). The Morgan fingerprint density at radius 2 is 1.67 bits per heavy atom. The van der Waals surface area contributed by atoms with Gasteiger partial charge in [-0.25, -0.2) is 9.97 Å². The van der Waals surface area contributed by atoms with Crippen LogP contribution in [0.25, 0.3) is 22.0 Å².